The lowest BCUT2D eigenvalue weighted by Crippen LogP contribution is -1.94. The molecule has 2 aromatic rings. The van der Waals surface area contributed by atoms with Crippen molar-refractivity contribution in [3.05, 3.63) is 59.7 Å². The van der Waals surface area contributed by atoms with E-state index in [2.05, 4.69) is 41.2 Å². The highest BCUT2D eigenvalue weighted by atomic mass is 14.8. The van der Waals surface area contributed by atoms with Gasteiger partial charge in [0.1, 0.15) is 6.33 Å². The maximum atomic E-state index is 4.26. The van der Waals surface area contributed by atoms with Gasteiger partial charge in [0.2, 0.25) is 0 Å². The topological polar surface area (TPSA) is 25.8 Å². The van der Waals surface area contributed by atoms with Crippen molar-refractivity contribution in [3.63, 3.8) is 0 Å². The lowest BCUT2D eigenvalue weighted by molar-refractivity contribution is 0.781. The van der Waals surface area contributed by atoms with E-state index in [-0.39, 0.29) is 0 Å². The van der Waals surface area contributed by atoms with E-state index in [4.69, 9.17) is 0 Å². The van der Waals surface area contributed by atoms with Crippen LogP contribution in [0.5, 0.6) is 0 Å². The van der Waals surface area contributed by atoms with Crippen LogP contribution in [0.4, 0.5) is 0 Å². The Hall–Kier alpha value is -1.70. The summed E-state index contributed by atoms with van der Waals surface area (Å²) in [5.74, 6) is 0. The molecule has 0 atom stereocenters. The molecule has 0 saturated heterocycles. The second-order valence-corrected chi connectivity index (χ2v) is 4.98. The molecule has 1 heterocycles. The second kappa shape index (κ2) is 7.67. The molecule has 0 aliphatic carbocycles. The quantitative estimate of drug-likeness (QED) is 0.746. The molecule has 0 aliphatic rings. The summed E-state index contributed by atoms with van der Waals surface area (Å²) in [5.41, 5.74) is 4.06. The molecule has 0 unspecified atom stereocenters. The number of hydrogen-bond acceptors (Lipinski definition) is 2. The summed E-state index contributed by atoms with van der Waals surface area (Å²) in [6, 6.07) is 11.0. The van der Waals surface area contributed by atoms with E-state index in [0.717, 1.165) is 25.0 Å². The Bertz CT molecular complexity index is 480. The zero-order valence-electron chi connectivity index (χ0n) is 11.7. The third kappa shape index (κ3) is 4.82. The molecule has 2 nitrogen and oxygen atoms in total. The molecular weight excluding hydrogens is 232 g/mol. The van der Waals surface area contributed by atoms with Crippen molar-refractivity contribution in [3.8, 4) is 0 Å². The molecule has 0 amide bonds. The highest BCUT2D eigenvalue weighted by molar-refractivity contribution is 5.23. The molecule has 0 saturated carbocycles. The van der Waals surface area contributed by atoms with Gasteiger partial charge in [-0.05, 0) is 49.3 Å². The summed E-state index contributed by atoms with van der Waals surface area (Å²) in [6.45, 7) is 2.24. The number of rotatable bonds is 7. The standard InChI is InChI=1S/C17H22N2/c1-2-3-6-15-7-4-8-16(13-15)9-5-10-17-11-12-18-14-19-17/h4,7-8,11-14H,2-3,5-6,9-10H2,1H3. The van der Waals surface area contributed by atoms with E-state index in [1.807, 2.05) is 12.3 Å². The van der Waals surface area contributed by atoms with Crippen LogP contribution in [-0.2, 0) is 19.3 Å². The van der Waals surface area contributed by atoms with Crippen molar-refractivity contribution >= 4 is 0 Å². The smallest absolute Gasteiger partial charge is 0.115 e. The van der Waals surface area contributed by atoms with Crippen LogP contribution >= 0.6 is 0 Å². The maximum absolute atomic E-state index is 4.26. The van der Waals surface area contributed by atoms with Crippen molar-refractivity contribution in [1.82, 2.24) is 9.97 Å². The predicted molar refractivity (Wildman–Crippen MR) is 79.1 cm³/mol. The minimum Gasteiger partial charge on any atom is -0.245 e. The van der Waals surface area contributed by atoms with E-state index >= 15 is 0 Å². The van der Waals surface area contributed by atoms with Crippen LogP contribution in [-0.4, -0.2) is 9.97 Å². The Morgan fingerprint density at radius 2 is 1.74 bits per heavy atom. The van der Waals surface area contributed by atoms with Crippen LogP contribution in [0.3, 0.4) is 0 Å². The molecule has 0 aliphatic heterocycles. The molecule has 2 rings (SSSR count). The molecular formula is C17H22N2. The van der Waals surface area contributed by atoms with Gasteiger partial charge in [-0.1, -0.05) is 37.6 Å². The molecule has 1 aromatic carbocycles. The third-order valence-electron chi connectivity index (χ3n) is 3.35. The number of unbranched alkanes of at least 4 members (excludes halogenated alkanes) is 1. The average molecular weight is 254 g/mol. The summed E-state index contributed by atoms with van der Waals surface area (Å²) >= 11 is 0. The van der Waals surface area contributed by atoms with Gasteiger partial charge < -0.3 is 0 Å². The number of aromatic nitrogens is 2. The molecule has 0 bridgehead atoms. The Kier molecular flexibility index (Phi) is 5.54. The Morgan fingerprint density at radius 3 is 2.42 bits per heavy atom. The molecule has 0 fully saturated rings. The van der Waals surface area contributed by atoms with Gasteiger partial charge >= 0.3 is 0 Å². The van der Waals surface area contributed by atoms with Gasteiger partial charge in [0, 0.05) is 11.9 Å². The van der Waals surface area contributed by atoms with Gasteiger partial charge in [0.15, 0.2) is 0 Å². The second-order valence-electron chi connectivity index (χ2n) is 4.98. The Balaban J connectivity index is 1.82. The number of hydrogen-bond donors (Lipinski definition) is 0. The van der Waals surface area contributed by atoms with E-state index in [1.165, 1.54) is 30.4 Å². The summed E-state index contributed by atoms with van der Waals surface area (Å²) in [6.07, 6.45) is 10.5. The zero-order chi connectivity index (χ0) is 13.3. The van der Waals surface area contributed by atoms with Crippen molar-refractivity contribution < 1.29 is 0 Å². The Morgan fingerprint density at radius 1 is 0.947 bits per heavy atom. The highest BCUT2D eigenvalue weighted by Gasteiger charge is 1.98. The van der Waals surface area contributed by atoms with Crippen LogP contribution < -0.4 is 0 Å². The molecule has 2 heteroatoms. The van der Waals surface area contributed by atoms with Gasteiger partial charge in [-0.15, -0.1) is 0 Å². The number of benzene rings is 1. The van der Waals surface area contributed by atoms with Crippen molar-refractivity contribution in [2.45, 2.75) is 45.4 Å². The number of nitrogens with zero attached hydrogens (tertiary/aromatic N) is 2. The van der Waals surface area contributed by atoms with Crippen molar-refractivity contribution in [2.24, 2.45) is 0 Å². The van der Waals surface area contributed by atoms with Crippen LogP contribution in [0.25, 0.3) is 0 Å². The molecule has 19 heavy (non-hydrogen) atoms. The van der Waals surface area contributed by atoms with Crippen LogP contribution in [0.1, 0.15) is 43.0 Å². The highest BCUT2D eigenvalue weighted by Crippen LogP contribution is 2.11. The minimum atomic E-state index is 1.03. The van der Waals surface area contributed by atoms with Crippen molar-refractivity contribution in [1.29, 1.82) is 0 Å². The minimum absolute atomic E-state index is 1.03. The van der Waals surface area contributed by atoms with Crippen LogP contribution in [0.15, 0.2) is 42.9 Å². The van der Waals surface area contributed by atoms with Gasteiger partial charge in [-0.3, -0.25) is 0 Å². The van der Waals surface area contributed by atoms with E-state index in [1.54, 1.807) is 6.33 Å². The molecule has 0 radical (unpaired) electrons. The van der Waals surface area contributed by atoms with Crippen LogP contribution in [0.2, 0.25) is 0 Å². The van der Waals surface area contributed by atoms with Gasteiger partial charge in [-0.2, -0.15) is 0 Å². The average Bonchev–Trinajstić information content (AvgIpc) is 2.47. The SMILES string of the molecule is CCCCc1cccc(CCCc2ccncn2)c1. The zero-order valence-corrected chi connectivity index (χ0v) is 11.7. The summed E-state index contributed by atoms with van der Waals surface area (Å²) in [5, 5.41) is 0. The third-order valence-corrected chi connectivity index (χ3v) is 3.35. The molecule has 100 valence electrons. The lowest BCUT2D eigenvalue weighted by Gasteiger charge is -2.05. The maximum Gasteiger partial charge on any atom is 0.115 e. The summed E-state index contributed by atoms with van der Waals surface area (Å²) < 4.78 is 0. The van der Waals surface area contributed by atoms with E-state index in [9.17, 15) is 0 Å². The molecule has 0 spiro atoms. The fraction of sp³-hybridized carbons (Fsp3) is 0.412. The largest absolute Gasteiger partial charge is 0.245 e. The molecule has 0 N–H and O–H groups in total. The first kappa shape index (κ1) is 13.7. The van der Waals surface area contributed by atoms with Gasteiger partial charge in [-0.25, -0.2) is 9.97 Å². The van der Waals surface area contributed by atoms with Crippen LogP contribution in [0, 0.1) is 0 Å². The first-order valence-corrected chi connectivity index (χ1v) is 7.21. The summed E-state index contributed by atoms with van der Waals surface area (Å²) in [7, 11) is 0. The Labute approximate surface area is 115 Å². The van der Waals surface area contributed by atoms with Crippen molar-refractivity contribution in [2.75, 3.05) is 0 Å². The van der Waals surface area contributed by atoms with E-state index < -0.39 is 0 Å². The fourth-order valence-corrected chi connectivity index (χ4v) is 2.26. The first-order chi connectivity index (χ1) is 9.38. The normalized spacial score (nSPS) is 10.6. The monoisotopic (exact) mass is 254 g/mol. The number of aryl methyl sites for hydroxylation is 3. The summed E-state index contributed by atoms with van der Waals surface area (Å²) in [4.78, 5) is 8.20. The first-order valence-electron chi connectivity index (χ1n) is 7.21. The van der Waals surface area contributed by atoms with Gasteiger partial charge in [0.25, 0.3) is 0 Å². The van der Waals surface area contributed by atoms with Gasteiger partial charge in [0.05, 0.1) is 0 Å². The fourth-order valence-electron chi connectivity index (χ4n) is 2.26. The predicted octanol–water partition coefficient (Wildman–Crippen LogP) is 3.99. The lowest BCUT2D eigenvalue weighted by atomic mass is 10.0. The molecule has 1 aromatic heterocycles. The van der Waals surface area contributed by atoms with E-state index in [0.29, 0.717) is 0 Å².